The minimum absolute atomic E-state index is 0.0651. The Labute approximate surface area is 112 Å². The zero-order chi connectivity index (χ0) is 13.9. The van der Waals surface area contributed by atoms with Gasteiger partial charge in [0, 0.05) is 24.7 Å². The maximum absolute atomic E-state index is 12.0. The molecule has 1 aliphatic heterocycles. The molecule has 1 aromatic rings. The summed E-state index contributed by atoms with van der Waals surface area (Å²) in [7, 11) is 0. The molecule has 0 radical (unpaired) electrons. The van der Waals surface area contributed by atoms with Crippen LogP contribution in [0.25, 0.3) is 0 Å². The van der Waals surface area contributed by atoms with Gasteiger partial charge in [-0.2, -0.15) is 5.10 Å². The fourth-order valence-electron chi connectivity index (χ4n) is 1.82. The van der Waals surface area contributed by atoms with Crippen molar-refractivity contribution in [2.24, 2.45) is 5.10 Å². The number of likely N-dealkylation sites (tertiary alicyclic amines) is 1. The molecule has 2 rings (SSSR count). The van der Waals surface area contributed by atoms with Crippen LogP contribution in [-0.2, 0) is 0 Å². The summed E-state index contributed by atoms with van der Waals surface area (Å²) in [5.74, 6) is 0.406. The van der Waals surface area contributed by atoms with E-state index in [0.29, 0.717) is 11.5 Å². The van der Waals surface area contributed by atoms with Gasteiger partial charge >= 0.3 is 0 Å². The number of carbonyl (C=O) groups excluding carboxylic acids is 1. The molecule has 1 saturated heterocycles. The van der Waals surface area contributed by atoms with Crippen LogP contribution in [0.1, 0.15) is 49.9 Å². The molecule has 1 aliphatic rings. The molecule has 2 heterocycles. The molecule has 0 aliphatic carbocycles. The van der Waals surface area contributed by atoms with Crippen LogP contribution in [0.4, 0.5) is 0 Å². The smallest absolute Gasteiger partial charge is 0.276 e. The molecule has 0 spiro atoms. The van der Waals surface area contributed by atoms with Gasteiger partial charge < -0.3 is 14.8 Å². The Morgan fingerprint density at radius 3 is 2.79 bits per heavy atom. The zero-order valence-corrected chi connectivity index (χ0v) is 11.6. The standard InChI is InChI=1S/C13H20N4O2/c1-13(2,3)16-14-9-10-8-11(15-19-10)12(18)17-6-4-5-7-17/h8-9,16H,4-7H2,1-3H3. The number of carbonyl (C=O) groups is 1. The largest absolute Gasteiger partial charge is 0.354 e. The van der Waals surface area contributed by atoms with Crippen LogP contribution in [0.15, 0.2) is 15.7 Å². The van der Waals surface area contributed by atoms with E-state index in [2.05, 4.69) is 15.7 Å². The first kappa shape index (κ1) is 13.6. The summed E-state index contributed by atoms with van der Waals surface area (Å²) in [5, 5.41) is 7.84. The molecule has 1 fully saturated rings. The highest BCUT2D eigenvalue weighted by molar-refractivity contribution is 5.93. The Morgan fingerprint density at radius 1 is 1.47 bits per heavy atom. The van der Waals surface area contributed by atoms with Gasteiger partial charge in [-0.05, 0) is 33.6 Å². The van der Waals surface area contributed by atoms with Crippen molar-refractivity contribution in [3.63, 3.8) is 0 Å². The van der Waals surface area contributed by atoms with Crippen molar-refractivity contribution in [3.8, 4) is 0 Å². The predicted octanol–water partition coefficient (Wildman–Crippen LogP) is 1.63. The summed E-state index contributed by atoms with van der Waals surface area (Å²) in [6.45, 7) is 7.63. The lowest BCUT2D eigenvalue weighted by Gasteiger charge is -2.16. The average Bonchev–Trinajstić information content (AvgIpc) is 2.97. The van der Waals surface area contributed by atoms with Crippen LogP contribution in [0.5, 0.6) is 0 Å². The lowest BCUT2D eigenvalue weighted by molar-refractivity contribution is 0.0782. The van der Waals surface area contributed by atoms with Crippen LogP contribution in [-0.4, -0.2) is 40.8 Å². The molecule has 6 heteroatoms. The second-order valence-corrected chi connectivity index (χ2v) is 5.73. The lowest BCUT2D eigenvalue weighted by Crippen LogP contribution is -2.31. The summed E-state index contributed by atoms with van der Waals surface area (Å²) in [5.41, 5.74) is 3.19. The fraction of sp³-hybridized carbons (Fsp3) is 0.615. The predicted molar refractivity (Wildman–Crippen MR) is 72.1 cm³/mol. The average molecular weight is 264 g/mol. The first-order valence-corrected chi connectivity index (χ1v) is 6.52. The van der Waals surface area contributed by atoms with Crippen molar-refractivity contribution < 1.29 is 9.32 Å². The van der Waals surface area contributed by atoms with Crippen molar-refractivity contribution >= 4 is 12.1 Å². The van der Waals surface area contributed by atoms with Crippen molar-refractivity contribution in [1.29, 1.82) is 0 Å². The number of hydrogen-bond donors (Lipinski definition) is 1. The Hall–Kier alpha value is -1.85. The topological polar surface area (TPSA) is 70.7 Å². The maximum atomic E-state index is 12.0. The number of aromatic nitrogens is 1. The third kappa shape index (κ3) is 3.81. The summed E-state index contributed by atoms with van der Waals surface area (Å²) in [6, 6.07) is 1.62. The molecule has 1 aromatic heterocycles. The van der Waals surface area contributed by atoms with Crippen LogP contribution in [0.2, 0.25) is 0 Å². The highest BCUT2D eigenvalue weighted by Gasteiger charge is 2.22. The molecule has 1 N–H and O–H groups in total. The van der Waals surface area contributed by atoms with E-state index in [1.54, 1.807) is 11.0 Å². The molecular formula is C13H20N4O2. The van der Waals surface area contributed by atoms with Gasteiger partial charge in [0.2, 0.25) is 0 Å². The van der Waals surface area contributed by atoms with E-state index in [9.17, 15) is 4.79 Å². The minimum Gasteiger partial charge on any atom is -0.354 e. The first-order chi connectivity index (χ1) is 8.96. The van der Waals surface area contributed by atoms with Crippen molar-refractivity contribution in [2.75, 3.05) is 13.1 Å². The van der Waals surface area contributed by atoms with E-state index in [1.807, 2.05) is 20.8 Å². The Bertz CT molecular complexity index is 467. The summed E-state index contributed by atoms with van der Waals surface area (Å²) in [6.07, 6.45) is 3.65. The quantitative estimate of drug-likeness (QED) is 0.665. The fourth-order valence-corrected chi connectivity index (χ4v) is 1.82. The Morgan fingerprint density at radius 2 is 2.16 bits per heavy atom. The second-order valence-electron chi connectivity index (χ2n) is 5.73. The van der Waals surface area contributed by atoms with Crippen LogP contribution < -0.4 is 5.43 Å². The monoisotopic (exact) mass is 264 g/mol. The highest BCUT2D eigenvalue weighted by Crippen LogP contribution is 2.12. The van der Waals surface area contributed by atoms with Crippen LogP contribution in [0, 0.1) is 0 Å². The maximum Gasteiger partial charge on any atom is 0.276 e. The molecule has 0 bridgehead atoms. The minimum atomic E-state index is -0.106. The van der Waals surface area contributed by atoms with Gasteiger partial charge in [0.05, 0.1) is 6.21 Å². The number of nitrogens with one attached hydrogen (secondary N) is 1. The van der Waals surface area contributed by atoms with Crippen LogP contribution >= 0.6 is 0 Å². The first-order valence-electron chi connectivity index (χ1n) is 6.52. The van der Waals surface area contributed by atoms with E-state index >= 15 is 0 Å². The van der Waals surface area contributed by atoms with Gasteiger partial charge in [-0.3, -0.25) is 4.79 Å². The third-order valence-corrected chi connectivity index (χ3v) is 2.73. The van der Waals surface area contributed by atoms with Gasteiger partial charge in [0.25, 0.3) is 5.91 Å². The summed E-state index contributed by atoms with van der Waals surface area (Å²) in [4.78, 5) is 13.8. The molecule has 104 valence electrons. The third-order valence-electron chi connectivity index (χ3n) is 2.73. The van der Waals surface area contributed by atoms with E-state index in [-0.39, 0.29) is 11.4 Å². The highest BCUT2D eigenvalue weighted by atomic mass is 16.5. The summed E-state index contributed by atoms with van der Waals surface area (Å²) < 4.78 is 5.07. The van der Waals surface area contributed by atoms with Crippen molar-refractivity contribution in [1.82, 2.24) is 15.5 Å². The molecule has 0 atom stereocenters. The van der Waals surface area contributed by atoms with E-state index in [0.717, 1.165) is 25.9 Å². The number of rotatable bonds is 3. The van der Waals surface area contributed by atoms with Gasteiger partial charge in [0.15, 0.2) is 11.5 Å². The molecule has 19 heavy (non-hydrogen) atoms. The second kappa shape index (κ2) is 5.42. The molecule has 6 nitrogen and oxygen atoms in total. The van der Waals surface area contributed by atoms with Crippen molar-refractivity contribution in [3.05, 3.63) is 17.5 Å². The molecule has 0 saturated carbocycles. The van der Waals surface area contributed by atoms with Gasteiger partial charge in [-0.1, -0.05) is 5.16 Å². The lowest BCUT2D eigenvalue weighted by atomic mass is 10.1. The van der Waals surface area contributed by atoms with Gasteiger partial charge in [-0.15, -0.1) is 0 Å². The summed E-state index contributed by atoms with van der Waals surface area (Å²) >= 11 is 0. The van der Waals surface area contributed by atoms with Gasteiger partial charge in [0.1, 0.15) is 0 Å². The molecule has 0 aromatic carbocycles. The van der Waals surface area contributed by atoms with Crippen molar-refractivity contribution in [2.45, 2.75) is 39.2 Å². The van der Waals surface area contributed by atoms with Gasteiger partial charge in [-0.25, -0.2) is 0 Å². The molecular weight excluding hydrogens is 244 g/mol. The number of hydrazone groups is 1. The van der Waals surface area contributed by atoms with E-state index in [4.69, 9.17) is 4.52 Å². The Kier molecular flexibility index (Phi) is 3.87. The van der Waals surface area contributed by atoms with Crippen LogP contribution in [0.3, 0.4) is 0 Å². The van der Waals surface area contributed by atoms with E-state index < -0.39 is 0 Å². The molecule has 1 amide bonds. The SMILES string of the molecule is CC(C)(C)NN=Cc1cc(C(=O)N2CCCC2)no1. The number of nitrogens with zero attached hydrogens (tertiary/aromatic N) is 3. The zero-order valence-electron chi connectivity index (χ0n) is 11.6. The Balaban J connectivity index is 1.96. The number of hydrogen-bond acceptors (Lipinski definition) is 5. The van der Waals surface area contributed by atoms with E-state index in [1.165, 1.54) is 6.21 Å². The number of amides is 1. The normalized spacial score (nSPS) is 16.3. The molecule has 0 unspecified atom stereocenters.